The van der Waals surface area contributed by atoms with E-state index in [4.69, 9.17) is 19.9 Å². The monoisotopic (exact) mass is 674 g/mol. The number of nitrogens with two attached hydrogens (primary N) is 1. The highest BCUT2D eigenvalue weighted by molar-refractivity contribution is 7.89. The molecule has 1 unspecified atom stereocenters. The molecule has 0 aromatic heterocycles. The predicted molar refractivity (Wildman–Crippen MR) is 174 cm³/mol. The number of aliphatic hydroxyl groups excluding tert-OH is 1. The second-order valence-corrected chi connectivity index (χ2v) is 15.4. The highest BCUT2D eigenvalue weighted by Gasteiger charge is 2.45. The Kier molecular flexibility index (Phi) is 10.7. The van der Waals surface area contributed by atoms with Gasteiger partial charge in [0.05, 0.1) is 24.2 Å². The van der Waals surface area contributed by atoms with Crippen molar-refractivity contribution in [2.75, 3.05) is 47.0 Å². The number of hydrogen-bond donors (Lipinski definition) is 4. The van der Waals surface area contributed by atoms with E-state index in [2.05, 4.69) is 10.0 Å². The van der Waals surface area contributed by atoms with Gasteiger partial charge in [0.2, 0.25) is 20.0 Å². The number of benzene rings is 3. The molecule has 2 aliphatic rings. The van der Waals surface area contributed by atoms with Gasteiger partial charge in [0.25, 0.3) is 0 Å². The van der Waals surface area contributed by atoms with Gasteiger partial charge in [0.15, 0.2) is 0 Å². The van der Waals surface area contributed by atoms with Crippen LogP contribution in [0.3, 0.4) is 0 Å². The third kappa shape index (κ3) is 7.72. The smallest absolute Gasteiger partial charge is 0.246 e. The second kappa shape index (κ2) is 14.4. The molecule has 2 fully saturated rings. The standard InChI is InChI=1S/C32H42N4O8S2/c1-34-45(38,39)29-5-3-4-28(17-29)43-22-27(37)20-35-26-18-32(44-21-26)12-14-36(15-13-32)46(40,41)31-16-25(10-11-30(31)42-2)24-8-6-23(19-33)7-9-24/h3-11,16-17,26-27,34-35,37H,12-15,18-22,33H2,1-2H3/t26?,27-/m0/s1. The third-order valence-electron chi connectivity index (χ3n) is 8.62. The van der Waals surface area contributed by atoms with Crippen molar-refractivity contribution in [1.29, 1.82) is 0 Å². The fraction of sp³-hybridized carbons (Fsp3) is 0.438. The number of rotatable bonds is 13. The maximum absolute atomic E-state index is 13.8. The summed E-state index contributed by atoms with van der Waals surface area (Å²) in [6, 6.07) is 19.0. The molecule has 3 aromatic carbocycles. The average molecular weight is 675 g/mol. The number of methoxy groups -OCH3 is 1. The number of nitrogens with zero attached hydrogens (tertiary/aromatic N) is 1. The van der Waals surface area contributed by atoms with Gasteiger partial charge >= 0.3 is 0 Å². The zero-order valence-electron chi connectivity index (χ0n) is 26.0. The Morgan fingerprint density at radius 3 is 2.43 bits per heavy atom. The molecule has 2 saturated heterocycles. The quantitative estimate of drug-likeness (QED) is 0.211. The van der Waals surface area contributed by atoms with E-state index >= 15 is 0 Å². The van der Waals surface area contributed by atoms with E-state index in [0.717, 1.165) is 16.7 Å². The molecule has 0 bridgehead atoms. The van der Waals surface area contributed by atoms with Crippen LogP contribution in [-0.2, 0) is 31.3 Å². The Morgan fingerprint density at radius 2 is 1.76 bits per heavy atom. The van der Waals surface area contributed by atoms with Crippen molar-refractivity contribution in [2.24, 2.45) is 5.73 Å². The van der Waals surface area contributed by atoms with Crippen LogP contribution in [0.25, 0.3) is 11.1 Å². The summed E-state index contributed by atoms with van der Waals surface area (Å²) in [6.07, 6.45) is 0.947. The minimum Gasteiger partial charge on any atom is -0.495 e. The first-order chi connectivity index (χ1) is 22.0. The van der Waals surface area contributed by atoms with Gasteiger partial charge in [-0.25, -0.2) is 21.6 Å². The lowest BCUT2D eigenvalue weighted by atomic mass is 9.88. The number of sulfonamides is 2. The van der Waals surface area contributed by atoms with Crippen molar-refractivity contribution >= 4 is 20.0 Å². The van der Waals surface area contributed by atoms with Crippen LogP contribution in [0, 0.1) is 0 Å². The molecule has 2 aliphatic heterocycles. The Morgan fingerprint density at radius 1 is 1.04 bits per heavy atom. The molecule has 5 rings (SSSR count). The van der Waals surface area contributed by atoms with Crippen LogP contribution in [-0.4, -0.2) is 91.0 Å². The van der Waals surface area contributed by atoms with Gasteiger partial charge in [-0.3, -0.25) is 0 Å². The molecular formula is C32H42N4O8S2. The van der Waals surface area contributed by atoms with Crippen LogP contribution in [0.5, 0.6) is 11.5 Å². The Bertz CT molecular complexity index is 1710. The van der Waals surface area contributed by atoms with Gasteiger partial charge < -0.3 is 30.4 Å². The van der Waals surface area contributed by atoms with Crippen LogP contribution < -0.4 is 25.2 Å². The largest absolute Gasteiger partial charge is 0.495 e. The highest BCUT2D eigenvalue weighted by atomic mass is 32.2. The molecule has 12 nitrogen and oxygen atoms in total. The first-order valence-corrected chi connectivity index (χ1v) is 18.1. The maximum Gasteiger partial charge on any atom is 0.246 e. The molecule has 0 amide bonds. The lowest BCUT2D eigenvalue weighted by molar-refractivity contribution is -0.0312. The molecule has 46 heavy (non-hydrogen) atoms. The summed E-state index contributed by atoms with van der Waals surface area (Å²) in [5.41, 5.74) is 7.93. The number of aliphatic hydroxyl groups is 1. The molecule has 5 N–H and O–H groups in total. The summed E-state index contributed by atoms with van der Waals surface area (Å²) < 4.78 is 72.8. The van der Waals surface area contributed by atoms with Crippen LogP contribution >= 0.6 is 0 Å². The van der Waals surface area contributed by atoms with Crippen LogP contribution in [0.4, 0.5) is 0 Å². The molecular weight excluding hydrogens is 633 g/mol. The number of piperidine rings is 1. The van der Waals surface area contributed by atoms with Gasteiger partial charge in [-0.1, -0.05) is 36.4 Å². The Balaban J connectivity index is 1.14. The molecule has 14 heteroatoms. The molecule has 2 heterocycles. The van der Waals surface area contributed by atoms with Gasteiger partial charge in [0, 0.05) is 38.3 Å². The second-order valence-electron chi connectivity index (χ2n) is 11.6. The minimum atomic E-state index is -3.84. The topological polar surface area (TPSA) is 170 Å². The summed E-state index contributed by atoms with van der Waals surface area (Å²) >= 11 is 0. The van der Waals surface area contributed by atoms with Gasteiger partial charge in [0.1, 0.15) is 29.1 Å². The van der Waals surface area contributed by atoms with Crippen molar-refractivity contribution in [3.8, 4) is 22.6 Å². The zero-order valence-corrected chi connectivity index (χ0v) is 27.6. The molecule has 0 saturated carbocycles. The first-order valence-electron chi connectivity index (χ1n) is 15.2. The van der Waals surface area contributed by atoms with Gasteiger partial charge in [-0.2, -0.15) is 4.31 Å². The summed E-state index contributed by atoms with van der Waals surface area (Å²) in [5.74, 6) is 0.632. The number of ether oxygens (including phenoxy) is 3. The zero-order chi connectivity index (χ0) is 33.0. The molecule has 1 spiro atoms. The van der Waals surface area contributed by atoms with E-state index in [-0.39, 0.29) is 29.0 Å². The van der Waals surface area contributed by atoms with E-state index in [1.807, 2.05) is 30.3 Å². The molecule has 0 aliphatic carbocycles. The Hall–Kier alpha value is -3.08. The summed E-state index contributed by atoms with van der Waals surface area (Å²) in [7, 11) is -4.64. The number of hydrogen-bond acceptors (Lipinski definition) is 10. The summed E-state index contributed by atoms with van der Waals surface area (Å²) in [5, 5.41) is 13.8. The minimum absolute atomic E-state index is 0.00987. The van der Waals surface area contributed by atoms with Crippen molar-refractivity contribution in [3.05, 3.63) is 72.3 Å². The summed E-state index contributed by atoms with van der Waals surface area (Å²) in [4.78, 5) is 0.207. The van der Waals surface area contributed by atoms with Gasteiger partial charge in [-0.05, 0) is 67.3 Å². The van der Waals surface area contributed by atoms with Crippen molar-refractivity contribution < 1.29 is 36.2 Å². The number of nitrogens with one attached hydrogen (secondary N) is 2. The van der Waals surface area contributed by atoms with E-state index in [0.29, 0.717) is 57.0 Å². The molecule has 2 atom stereocenters. The molecule has 250 valence electrons. The van der Waals surface area contributed by atoms with Crippen LogP contribution in [0.2, 0.25) is 0 Å². The molecule has 3 aromatic rings. The van der Waals surface area contributed by atoms with Crippen molar-refractivity contribution in [2.45, 2.75) is 53.3 Å². The van der Waals surface area contributed by atoms with Gasteiger partial charge in [-0.15, -0.1) is 0 Å². The summed E-state index contributed by atoms with van der Waals surface area (Å²) in [6.45, 7) is 1.73. The lowest BCUT2D eigenvalue weighted by Gasteiger charge is -2.38. The predicted octanol–water partition coefficient (Wildman–Crippen LogP) is 2.07. The average Bonchev–Trinajstić information content (AvgIpc) is 3.48. The maximum atomic E-state index is 13.8. The van der Waals surface area contributed by atoms with E-state index < -0.39 is 31.8 Å². The van der Waals surface area contributed by atoms with E-state index in [9.17, 15) is 21.9 Å². The van der Waals surface area contributed by atoms with Crippen molar-refractivity contribution in [1.82, 2.24) is 14.3 Å². The van der Waals surface area contributed by atoms with Crippen LogP contribution in [0.15, 0.2) is 76.5 Å². The van der Waals surface area contributed by atoms with E-state index in [1.54, 1.807) is 24.3 Å². The van der Waals surface area contributed by atoms with E-state index in [1.165, 1.54) is 30.6 Å². The normalized spacial score (nSPS) is 19.3. The van der Waals surface area contributed by atoms with Crippen LogP contribution in [0.1, 0.15) is 24.8 Å². The Labute approximate surface area is 270 Å². The fourth-order valence-electron chi connectivity index (χ4n) is 5.89. The molecule has 0 radical (unpaired) electrons. The third-order valence-corrected chi connectivity index (χ3v) is 11.9. The highest BCUT2D eigenvalue weighted by Crippen LogP contribution is 2.39. The SMILES string of the molecule is CNS(=O)(=O)c1cccc(OC[C@@H](O)CNC2COC3(CCN(S(=O)(=O)c4cc(-c5ccc(CN)cc5)ccc4OC)CC3)C2)c1. The first kappa shape index (κ1) is 34.3. The fourth-order valence-corrected chi connectivity index (χ4v) is 8.28. The van der Waals surface area contributed by atoms with Crippen molar-refractivity contribution in [3.63, 3.8) is 0 Å². The lowest BCUT2D eigenvalue weighted by Crippen LogP contribution is -2.47.